The molecule has 34 heavy (non-hydrogen) atoms. The molecule has 0 bridgehead atoms. The van der Waals surface area contributed by atoms with Gasteiger partial charge in [-0.1, -0.05) is 65.7 Å². The third kappa shape index (κ3) is 4.40. The lowest BCUT2D eigenvalue weighted by Crippen LogP contribution is -1.89. The maximum Gasteiger partial charge on any atom is 0.110 e. The average molecular weight is 481 g/mol. The highest BCUT2D eigenvalue weighted by Gasteiger charge is 2.11. The van der Waals surface area contributed by atoms with Crippen LogP contribution in [0.3, 0.4) is 0 Å². The highest BCUT2D eigenvalue weighted by atomic mass is 35.5. The number of hydrogen-bond acceptors (Lipinski definition) is 5. The highest BCUT2D eigenvalue weighted by Crippen LogP contribution is 2.37. The fourth-order valence-corrected chi connectivity index (χ4v) is 4.45. The molecule has 0 amide bonds. The van der Waals surface area contributed by atoms with Crippen LogP contribution in [-0.4, -0.2) is 4.98 Å². The molecule has 0 aliphatic rings. The molecule has 5 aromatic rings. The number of thiol groups is 1. The number of pyridine rings is 1. The SMILES string of the molecule is Cc1ccc(-c2cccc(Cl)c2)c(-c2ccc(/N=N/c3cc(S)c4ccccc4c3N)cn2)c1. The van der Waals surface area contributed by atoms with E-state index in [1.54, 1.807) is 6.20 Å². The average Bonchev–Trinajstić information content (AvgIpc) is 2.86. The van der Waals surface area contributed by atoms with Gasteiger partial charge in [0, 0.05) is 20.9 Å². The summed E-state index contributed by atoms with van der Waals surface area (Å²) in [7, 11) is 0. The van der Waals surface area contributed by atoms with Crippen LogP contribution >= 0.6 is 24.2 Å². The zero-order chi connectivity index (χ0) is 23.7. The number of azo groups is 1. The van der Waals surface area contributed by atoms with Crippen molar-refractivity contribution in [3.63, 3.8) is 0 Å². The minimum absolute atomic E-state index is 0.577. The van der Waals surface area contributed by atoms with Crippen LogP contribution in [0.2, 0.25) is 5.02 Å². The zero-order valence-corrected chi connectivity index (χ0v) is 20.1. The van der Waals surface area contributed by atoms with Crippen LogP contribution in [-0.2, 0) is 0 Å². The summed E-state index contributed by atoms with van der Waals surface area (Å²) in [6.07, 6.45) is 1.71. The molecule has 6 heteroatoms. The standard InChI is InChI=1S/C28H21ClN4S/c1-17-9-11-21(18-5-4-6-19(29)14-18)24(13-17)25-12-10-20(16-31-25)32-33-26-15-27(34)22-7-2-3-8-23(22)28(26)30/h2-16,34H,30H2,1H3/b33-32+. The van der Waals surface area contributed by atoms with Gasteiger partial charge in [-0.3, -0.25) is 4.98 Å². The number of nitrogen functional groups attached to an aromatic ring is 1. The molecule has 0 radical (unpaired) electrons. The van der Waals surface area contributed by atoms with Crippen molar-refractivity contribution in [2.45, 2.75) is 11.8 Å². The Morgan fingerprint density at radius 3 is 2.41 bits per heavy atom. The van der Waals surface area contributed by atoms with Crippen LogP contribution in [0.25, 0.3) is 33.2 Å². The molecule has 4 nitrogen and oxygen atoms in total. The molecule has 0 unspecified atom stereocenters. The Hall–Kier alpha value is -3.67. The van der Waals surface area contributed by atoms with E-state index in [-0.39, 0.29) is 0 Å². The van der Waals surface area contributed by atoms with Crippen LogP contribution < -0.4 is 5.73 Å². The first kappa shape index (κ1) is 22.1. The van der Waals surface area contributed by atoms with Gasteiger partial charge >= 0.3 is 0 Å². The molecule has 0 spiro atoms. The Balaban J connectivity index is 1.48. The van der Waals surface area contributed by atoms with Gasteiger partial charge < -0.3 is 5.73 Å². The monoisotopic (exact) mass is 480 g/mol. The number of rotatable bonds is 4. The molecular weight excluding hydrogens is 460 g/mol. The maximum atomic E-state index is 6.34. The van der Waals surface area contributed by atoms with Gasteiger partial charge in [-0.15, -0.1) is 22.9 Å². The second-order valence-corrected chi connectivity index (χ2v) is 8.95. The summed E-state index contributed by atoms with van der Waals surface area (Å²) in [4.78, 5) is 5.47. The molecule has 0 saturated carbocycles. The number of aryl methyl sites for hydroxylation is 1. The summed E-state index contributed by atoms with van der Waals surface area (Å²) in [6, 6.07) is 27.7. The third-order valence-corrected chi connectivity index (χ3v) is 6.26. The minimum Gasteiger partial charge on any atom is -0.396 e. The molecule has 0 aliphatic carbocycles. The van der Waals surface area contributed by atoms with E-state index in [1.807, 2.05) is 66.7 Å². The van der Waals surface area contributed by atoms with Gasteiger partial charge in [0.15, 0.2) is 0 Å². The Morgan fingerprint density at radius 2 is 1.65 bits per heavy atom. The van der Waals surface area contributed by atoms with Crippen molar-refractivity contribution in [1.82, 2.24) is 4.98 Å². The van der Waals surface area contributed by atoms with Gasteiger partial charge in [-0.2, -0.15) is 0 Å². The molecular formula is C28H21ClN4S. The van der Waals surface area contributed by atoms with E-state index in [0.29, 0.717) is 22.1 Å². The van der Waals surface area contributed by atoms with E-state index in [1.165, 1.54) is 0 Å². The van der Waals surface area contributed by atoms with E-state index in [2.05, 4.69) is 53.0 Å². The fourth-order valence-electron chi connectivity index (χ4n) is 3.94. The van der Waals surface area contributed by atoms with Crippen LogP contribution in [0.15, 0.2) is 106 Å². The van der Waals surface area contributed by atoms with Crippen molar-refractivity contribution < 1.29 is 0 Å². The first-order chi connectivity index (χ1) is 16.5. The summed E-state index contributed by atoms with van der Waals surface area (Å²) in [5, 5.41) is 11.3. The van der Waals surface area contributed by atoms with Crippen LogP contribution in [0.5, 0.6) is 0 Å². The molecule has 2 N–H and O–H groups in total. The number of benzene rings is 4. The van der Waals surface area contributed by atoms with Crippen molar-refractivity contribution >= 4 is 52.1 Å². The Bertz CT molecular complexity index is 1540. The van der Waals surface area contributed by atoms with E-state index >= 15 is 0 Å². The van der Waals surface area contributed by atoms with E-state index in [9.17, 15) is 0 Å². The quantitative estimate of drug-likeness (QED) is 0.153. The summed E-state index contributed by atoms with van der Waals surface area (Å²) in [6.45, 7) is 2.07. The molecule has 0 fully saturated rings. The summed E-state index contributed by atoms with van der Waals surface area (Å²) in [5.74, 6) is 0. The lowest BCUT2D eigenvalue weighted by atomic mass is 9.95. The molecule has 0 saturated heterocycles. The predicted octanol–water partition coefficient (Wildman–Crippen LogP) is 8.82. The van der Waals surface area contributed by atoms with E-state index < -0.39 is 0 Å². The van der Waals surface area contributed by atoms with E-state index in [4.69, 9.17) is 17.3 Å². The molecule has 4 aromatic carbocycles. The summed E-state index contributed by atoms with van der Waals surface area (Å²) < 4.78 is 0. The van der Waals surface area contributed by atoms with Crippen LogP contribution in [0, 0.1) is 6.92 Å². The fraction of sp³-hybridized carbons (Fsp3) is 0.0357. The molecule has 0 aliphatic heterocycles. The number of nitrogens with zero attached hydrogens (tertiary/aromatic N) is 3. The molecule has 1 heterocycles. The normalized spacial score (nSPS) is 11.4. The largest absolute Gasteiger partial charge is 0.396 e. The number of nitrogens with two attached hydrogens (primary N) is 1. The summed E-state index contributed by atoms with van der Waals surface area (Å²) in [5.41, 5.74) is 13.3. The van der Waals surface area contributed by atoms with Gasteiger partial charge in [-0.05, 0) is 59.8 Å². The molecule has 166 valence electrons. The third-order valence-electron chi connectivity index (χ3n) is 5.65. The summed E-state index contributed by atoms with van der Waals surface area (Å²) >= 11 is 10.8. The Kier molecular flexibility index (Phi) is 6.05. The van der Waals surface area contributed by atoms with Crippen molar-refractivity contribution in [3.8, 4) is 22.4 Å². The topological polar surface area (TPSA) is 63.6 Å². The number of anilines is 1. The molecule has 5 rings (SSSR count). The number of fused-ring (bicyclic) bond motifs is 1. The van der Waals surface area contributed by atoms with Crippen LogP contribution in [0.4, 0.5) is 17.1 Å². The molecule has 0 atom stereocenters. The smallest absolute Gasteiger partial charge is 0.110 e. The van der Waals surface area contributed by atoms with Crippen molar-refractivity contribution in [2.24, 2.45) is 10.2 Å². The Morgan fingerprint density at radius 1 is 0.824 bits per heavy atom. The first-order valence-electron chi connectivity index (χ1n) is 10.7. The second kappa shape index (κ2) is 9.29. The van der Waals surface area contributed by atoms with Gasteiger partial charge in [0.25, 0.3) is 0 Å². The maximum absolute atomic E-state index is 6.34. The van der Waals surface area contributed by atoms with Gasteiger partial charge in [0.05, 0.1) is 17.6 Å². The van der Waals surface area contributed by atoms with Crippen molar-refractivity contribution in [3.05, 3.63) is 102 Å². The predicted molar refractivity (Wildman–Crippen MR) is 145 cm³/mol. The minimum atomic E-state index is 0.577. The van der Waals surface area contributed by atoms with Crippen molar-refractivity contribution in [1.29, 1.82) is 0 Å². The van der Waals surface area contributed by atoms with E-state index in [0.717, 1.165) is 43.6 Å². The number of aromatic nitrogens is 1. The van der Waals surface area contributed by atoms with Crippen LogP contribution in [0.1, 0.15) is 5.56 Å². The van der Waals surface area contributed by atoms with Gasteiger partial charge in [0.1, 0.15) is 11.4 Å². The zero-order valence-electron chi connectivity index (χ0n) is 18.4. The van der Waals surface area contributed by atoms with Gasteiger partial charge in [-0.25, -0.2) is 0 Å². The van der Waals surface area contributed by atoms with Gasteiger partial charge in [0.2, 0.25) is 0 Å². The number of halogens is 1. The lowest BCUT2D eigenvalue weighted by molar-refractivity contribution is 1.20. The van der Waals surface area contributed by atoms with Crippen molar-refractivity contribution in [2.75, 3.05) is 5.73 Å². The lowest BCUT2D eigenvalue weighted by Gasteiger charge is -2.11. The highest BCUT2D eigenvalue weighted by molar-refractivity contribution is 7.80. The first-order valence-corrected chi connectivity index (χ1v) is 11.6. The second-order valence-electron chi connectivity index (χ2n) is 8.04. The molecule has 1 aromatic heterocycles. The Labute approximate surface area is 208 Å². The number of hydrogen-bond donors (Lipinski definition) is 2.